The van der Waals surface area contributed by atoms with E-state index < -0.39 is 23.2 Å². The molecule has 3 aromatic rings. The SMILES string of the molecule is O=C(N/N=C/c1ccccc1C(F)(F)F)C(O)(c1ccccc1)c1ccccc1. The van der Waals surface area contributed by atoms with Crippen LogP contribution < -0.4 is 5.43 Å². The molecule has 148 valence electrons. The van der Waals surface area contributed by atoms with Gasteiger partial charge in [0, 0.05) is 5.56 Å². The number of nitrogens with one attached hydrogen (secondary N) is 1. The lowest BCUT2D eigenvalue weighted by Crippen LogP contribution is -2.43. The summed E-state index contributed by atoms with van der Waals surface area (Å²) in [5.41, 5.74) is -0.385. The number of carbonyl (C=O) groups is 1. The van der Waals surface area contributed by atoms with E-state index in [-0.39, 0.29) is 5.56 Å². The summed E-state index contributed by atoms with van der Waals surface area (Å²) in [6.07, 6.45) is -3.65. The van der Waals surface area contributed by atoms with Crippen molar-refractivity contribution < 1.29 is 23.1 Å². The van der Waals surface area contributed by atoms with Gasteiger partial charge in [0.2, 0.25) is 0 Å². The van der Waals surface area contributed by atoms with Crippen molar-refractivity contribution in [2.24, 2.45) is 5.10 Å². The predicted molar refractivity (Wildman–Crippen MR) is 103 cm³/mol. The van der Waals surface area contributed by atoms with E-state index in [4.69, 9.17) is 0 Å². The first-order valence-corrected chi connectivity index (χ1v) is 8.66. The first-order valence-electron chi connectivity index (χ1n) is 8.66. The number of hydrogen-bond donors (Lipinski definition) is 2. The molecule has 0 saturated heterocycles. The molecule has 0 radical (unpaired) electrons. The molecule has 29 heavy (non-hydrogen) atoms. The zero-order valence-corrected chi connectivity index (χ0v) is 15.1. The Balaban J connectivity index is 1.91. The second-order valence-electron chi connectivity index (χ2n) is 6.23. The van der Waals surface area contributed by atoms with Crippen molar-refractivity contribution in [1.29, 1.82) is 0 Å². The van der Waals surface area contributed by atoms with Crippen LogP contribution in [-0.2, 0) is 16.6 Å². The summed E-state index contributed by atoms with van der Waals surface area (Å²) >= 11 is 0. The number of benzene rings is 3. The van der Waals surface area contributed by atoms with Gasteiger partial charge in [-0.1, -0.05) is 78.9 Å². The maximum Gasteiger partial charge on any atom is 0.417 e. The van der Waals surface area contributed by atoms with Crippen molar-refractivity contribution in [2.75, 3.05) is 0 Å². The van der Waals surface area contributed by atoms with E-state index in [0.29, 0.717) is 11.1 Å². The minimum atomic E-state index is -4.55. The average Bonchev–Trinajstić information content (AvgIpc) is 2.74. The number of halogens is 3. The van der Waals surface area contributed by atoms with Gasteiger partial charge < -0.3 is 5.11 Å². The summed E-state index contributed by atoms with van der Waals surface area (Å²) in [6.45, 7) is 0. The Kier molecular flexibility index (Phi) is 5.79. The van der Waals surface area contributed by atoms with Gasteiger partial charge in [-0.3, -0.25) is 4.79 Å². The molecule has 0 aliphatic rings. The lowest BCUT2D eigenvalue weighted by molar-refractivity contribution is -0.137. The van der Waals surface area contributed by atoms with Gasteiger partial charge in [-0.25, -0.2) is 5.43 Å². The van der Waals surface area contributed by atoms with E-state index in [9.17, 15) is 23.1 Å². The molecule has 1 amide bonds. The molecule has 0 aromatic heterocycles. The summed E-state index contributed by atoms with van der Waals surface area (Å²) in [6, 6.07) is 21.3. The molecule has 4 nitrogen and oxygen atoms in total. The average molecular weight is 398 g/mol. The van der Waals surface area contributed by atoms with Crippen LogP contribution in [0.25, 0.3) is 0 Å². The third-order valence-electron chi connectivity index (χ3n) is 4.35. The van der Waals surface area contributed by atoms with Crippen molar-refractivity contribution >= 4 is 12.1 Å². The smallest absolute Gasteiger partial charge is 0.372 e. The Hall–Kier alpha value is -3.45. The summed E-state index contributed by atoms with van der Waals surface area (Å²) in [4.78, 5) is 12.8. The van der Waals surface area contributed by atoms with Gasteiger partial charge in [0.1, 0.15) is 0 Å². The lowest BCUT2D eigenvalue weighted by atomic mass is 9.85. The highest BCUT2D eigenvalue weighted by Crippen LogP contribution is 2.31. The van der Waals surface area contributed by atoms with Crippen LogP contribution in [0.3, 0.4) is 0 Å². The molecule has 2 N–H and O–H groups in total. The molecule has 0 atom stereocenters. The van der Waals surface area contributed by atoms with Gasteiger partial charge in [0.15, 0.2) is 5.60 Å². The number of hydrazone groups is 1. The Morgan fingerprint density at radius 2 is 1.31 bits per heavy atom. The molecular formula is C22H17F3N2O2. The quantitative estimate of drug-likeness (QED) is 0.502. The standard InChI is InChI=1S/C22H17F3N2O2/c23-22(24,25)19-14-8-7-9-16(19)15-26-27-20(28)21(29,17-10-3-1-4-11-17)18-12-5-2-6-13-18/h1-15,29H,(H,27,28)/b26-15+. The molecule has 0 bridgehead atoms. The molecule has 0 spiro atoms. The number of nitrogens with zero attached hydrogens (tertiary/aromatic N) is 1. The Bertz CT molecular complexity index is 964. The van der Waals surface area contributed by atoms with Crippen LogP contribution >= 0.6 is 0 Å². The number of alkyl halides is 3. The fourth-order valence-electron chi connectivity index (χ4n) is 2.90. The van der Waals surface area contributed by atoms with Gasteiger partial charge in [0.05, 0.1) is 11.8 Å². The minimum absolute atomic E-state index is 0.205. The van der Waals surface area contributed by atoms with Crippen LogP contribution in [0.5, 0.6) is 0 Å². The van der Waals surface area contributed by atoms with Crippen molar-refractivity contribution in [3.8, 4) is 0 Å². The summed E-state index contributed by atoms with van der Waals surface area (Å²) in [5, 5.41) is 14.9. The molecular weight excluding hydrogens is 381 g/mol. The maximum atomic E-state index is 13.1. The molecule has 0 heterocycles. The maximum absolute atomic E-state index is 13.1. The van der Waals surface area contributed by atoms with E-state index in [0.717, 1.165) is 12.3 Å². The number of carbonyl (C=O) groups excluding carboxylic acids is 1. The highest BCUT2D eigenvalue weighted by molar-refractivity contribution is 5.91. The largest absolute Gasteiger partial charge is 0.417 e. The van der Waals surface area contributed by atoms with Crippen LogP contribution in [0.2, 0.25) is 0 Å². The second-order valence-corrected chi connectivity index (χ2v) is 6.23. The van der Waals surface area contributed by atoms with Crippen LogP contribution in [-0.4, -0.2) is 17.2 Å². The number of hydrogen-bond acceptors (Lipinski definition) is 3. The van der Waals surface area contributed by atoms with E-state index in [2.05, 4.69) is 10.5 Å². The zero-order chi connectivity index (χ0) is 20.9. The normalized spacial score (nSPS) is 12.1. The van der Waals surface area contributed by atoms with Gasteiger partial charge in [0.25, 0.3) is 5.91 Å². The van der Waals surface area contributed by atoms with Crippen LogP contribution in [0, 0.1) is 0 Å². The van der Waals surface area contributed by atoms with Crippen molar-refractivity contribution in [3.63, 3.8) is 0 Å². The highest BCUT2D eigenvalue weighted by atomic mass is 19.4. The molecule has 3 rings (SSSR count). The molecule has 0 fully saturated rings. The van der Waals surface area contributed by atoms with Crippen LogP contribution in [0.4, 0.5) is 13.2 Å². The van der Waals surface area contributed by atoms with Gasteiger partial charge >= 0.3 is 6.18 Å². The Morgan fingerprint density at radius 3 is 1.83 bits per heavy atom. The monoisotopic (exact) mass is 398 g/mol. The van der Waals surface area contributed by atoms with Gasteiger partial charge in [-0.2, -0.15) is 18.3 Å². The number of aliphatic hydroxyl groups is 1. The summed E-state index contributed by atoms with van der Waals surface area (Å²) < 4.78 is 39.2. The topological polar surface area (TPSA) is 61.7 Å². The molecule has 0 aliphatic heterocycles. The second kappa shape index (κ2) is 8.28. The van der Waals surface area contributed by atoms with Crippen molar-refractivity contribution in [3.05, 3.63) is 107 Å². The van der Waals surface area contributed by atoms with Crippen molar-refractivity contribution in [2.45, 2.75) is 11.8 Å². The molecule has 0 saturated carbocycles. The summed E-state index contributed by atoms with van der Waals surface area (Å²) in [5.74, 6) is -0.893. The van der Waals surface area contributed by atoms with Crippen LogP contribution in [0.1, 0.15) is 22.3 Å². The Morgan fingerprint density at radius 1 is 0.828 bits per heavy atom. The zero-order valence-electron chi connectivity index (χ0n) is 15.1. The predicted octanol–water partition coefficient (Wildman–Crippen LogP) is 4.09. The Labute approximate surface area is 165 Å². The fourth-order valence-corrected chi connectivity index (χ4v) is 2.90. The van der Waals surface area contributed by atoms with Gasteiger partial charge in [-0.05, 0) is 17.2 Å². The van der Waals surface area contributed by atoms with Gasteiger partial charge in [-0.15, -0.1) is 0 Å². The molecule has 0 aliphatic carbocycles. The first kappa shape index (κ1) is 20.3. The number of amides is 1. The minimum Gasteiger partial charge on any atom is -0.372 e. The van der Waals surface area contributed by atoms with E-state index in [1.807, 2.05) is 0 Å². The van der Waals surface area contributed by atoms with E-state index >= 15 is 0 Å². The third kappa shape index (κ3) is 4.35. The van der Waals surface area contributed by atoms with Crippen LogP contribution in [0.15, 0.2) is 90.0 Å². The summed E-state index contributed by atoms with van der Waals surface area (Å²) in [7, 11) is 0. The van der Waals surface area contributed by atoms with E-state index in [1.165, 1.54) is 18.2 Å². The highest BCUT2D eigenvalue weighted by Gasteiger charge is 2.40. The first-order chi connectivity index (χ1) is 13.8. The lowest BCUT2D eigenvalue weighted by Gasteiger charge is -2.27. The molecule has 0 unspecified atom stereocenters. The number of rotatable bonds is 5. The van der Waals surface area contributed by atoms with E-state index in [1.54, 1.807) is 60.7 Å². The molecule has 3 aromatic carbocycles. The third-order valence-corrected chi connectivity index (χ3v) is 4.35. The van der Waals surface area contributed by atoms with Crippen molar-refractivity contribution in [1.82, 2.24) is 5.43 Å². The molecule has 7 heteroatoms. The fraction of sp³-hybridized carbons (Fsp3) is 0.0909.